The van der Waals surface area contributed by atoms with Crippen LogP contribution >= 0.6 is 0 Å². The summed E-state index contributed by atoms with van der Waals surface area (Å²) in [7, 11) is 5.14. The van der Waals surface area contributed by atoms with Gasteiger partial charge in [-0.3, -0.25) is 9.67 Å². The Morgan fingerprint density at radius 3 is 2.29 bits per heavy atom. The van der Waals surface area contributed by atoms with Gasteiger partial charge in [0.25, 0.3) is 0 Å². The highest BCUT2D eigenvalue weighted by molar-refractivity contribution is 5.82. The van der Waals surface area contributed by atoms with Crippen LogP contribution in [0.4, 0.5) is 11.4 Å². The summed E-state index contributed by atoms with van der Waals surface area (Å²) >= 11 is 0. The smallest absolute Gasteiger partial charge is 0.124 e. The molecule has 0 saturated heterocycles. The number of aryl methyl sites for hydroxylation is 1. The van der Waals surface area contributed by atoms with Crippen LogP contribution in [-0.4, -0.2) is 51.2 Å². The van der Waals surface area contributed by atoms with Gasteiger partial charge >= 0.3 is 0 Å². The minimum atomic E-state index is -0.856. The van der Waals surface area contributed by atoms with Crippen molar-refractivity contribution in [1.82, 2.24) is 19.7 Å². The minimum Gasteiger partial charge on any atom is -0.497 e. The zero-order valence-corrected chi connectivity index (χ0v) is 20.5. The molecular formula is C26H31N5O3. The van der Waals surface area contributed by atoms with Gasteiger partial charge < -0.3 is 19.5 Å². The second kappa shape index (κ2) is 9.30. The maximum absolute atomic E-state index is 10.7. The highest BCUT2D eigenvalue weighted by Crippen LogP contribution is 2.35. The number of anilines is 2. The van der Waals surface area contributed by atoms with Gasteiger partial charge in [0.05, 0.1) is 48.9 Å². The van der Waals surface area contributed by atoms with Crippen molar-refractivity contribution in [1.29, 1.82) is 0 Å². The monoisotopic (exact) mass is 461 g/mol. The molecule has 0 aliphatic carbocycles. The predicted molar refractivity (Wildman–Crippen MR) is 134 cm³/mol. The molecule has 1 atom stereocenters. The van der Waals surface area contributed by atoms with Crippen molar-refractivity contribution in [3.05, 3.63) is 55.0 Å². The van der Waals surface area contributed by atoms with Gasteiger partial charge in [0, 0.05) is 60.8 Å². The van der Waals surface area contributed by atoms with Crippen LogP contribution in [0.1, 0.15) is 20.8 Å². The molecule has 0 aliphatic rings. The van der Waals surface area contributed by atoms with Crippen molar-refractivity contribution in [2.45, 2.75) is 26.4 Å². The summed E-state index contributed by atoms with van der Waals surface area (Å²) in [6, 6.07) is 11.8. The Morgan fingerprint density at radius 1 is 1.00 bits per heavy atom. The van der Waals surface area contributed by atoms with Gasteiger partial charge in [-0.1, -0.05) is 6.92 Å². The highest BCUT2D eigenvalue weighted by atomic mass is 16.5. The molecule has 1 N–H and O–H groups in total. The van der Waals surface area contributed by atoms with Gasteiger partial charge in [-0.25, -0.2) is 4.98 Å². The number of hydrogen-bond donors (Lipinski definition) is 1. The van der Waals surface area contributed by atoms with Crippen molar-refractivity contribution in [3.8, 4) is 22.8 Å². The molecular weight excluding hydrogens is 430 g/mol. The molecule has 0 amide bonds. The fourth-order valence-corrected chi connectivity index (χ4v) is 3.67. The Labute approximate surface area is 199 Å². The molecule has 2 aromatic heterocycles. The van der Waals surface area contributed by atoms with Crippen molar-refractivity contribution < 1.29 is 14.6 Å². The Morgan fingerprint density at radius 2 is 1.71 bits per heavy atom. The van der Waals surface area contributed by atoms with Crippen LogP contribution in [0.25, 0.3) is 22.3 Å². The molecule has 8 heteroatoms. The second-order valence-electron chi connectivity index (χ2n) is 9.07. The summed E-state index contributed by atoms with van der Waals surface area (Å²) in [6.07, 6.45) is 5.46. The Bertz CT molecular complexity index is 1270. The third kappa shape index (κ3) is 4.97. The maximum atomic E-state index is 10.7. The van der Waals surface area contributed by atoms with E-state index in [0.717, 1.165) is 33.7 Å². The van der Waals surface area contributed by atoms with E-state index in [1.54, 1.807) is 31.3 Å². The zero-order valence-electron chi connectivity index (χ0n) is 20.5. The molecule has 2 aromatic carbocycles. The summed E-state index contributed by atoms with van der Waals surface area (Å²) in [5.41, 5.74) is 4.21. The van der Waals surface area contributed by atoms with Crippen molar-refractivity contribution >= 4 is 22.4 Å². The quantitative estimate of drug-likeness (QED) is 0.411. The Balaban J connectivity index is 1.82. The summed E-state index contributed by atoms with van der Waals surface area (Å²) in [5, 5.41) is 14.9. The number of fused-ring (bicyclic) bond motifs is 1. The summed E-state index contributed by atoms with van der Waals surface area (Å²) < 4.78 is 12.8. The lowest BCUT2D eigenvalue weighted by molar-refractivity contribution is 0.0287. The number of ether oxygens (including phenoxy) is 2. The number of nitrogens with zero attached hydrogens (tertiary/aromatic N) is 5. The number of aromatic nitrogens is 4. The normalized spacial score (nSPS) is 12.6. The number of aliphatic hydroxyl groups is 1. The number of rotatable bonds is 8. The third-order valence-corrected chi connectivity index (χ3v) is 6.15. The summed E-state index contributed by atoms with van der Waals surface area (Å²) in [6.45, 7) is 6.26. The number of benzene rings is 2. The third-order valence-electron chi connectivity index (χ3n) is 6.15. The van der Waals surface area contributed by atoms with Crippen LogP contribution in [0.3, 0.4) is 0 Å². The summed E-state index contributed by atoms with van der Waals surface area (Å²) in [4.78, 5) is 11.6. The van der Waals surface area contributed by atoms with Gasteiger partial charge in [-0.2, -0.15) is 5.10 Å². The molecule has 0 fully saturated rings. The lowest BCUT2D eigenvalue weighted by Gasteiger charge is -2.34. The first kappa shape index (κ1) is 23.5. The molecule has 0 saturated carbocycles. The van der Waals surface area contributed by atoms with E-state index in [4.69, 9.17) is 14.5 Å². The van der Waals surface area contributed by atoms with Crippen LogP contribution in [0, 0.1) is 5.92 Å². The average molecular weight is 462 g/mol. The molecule has 34 heavy (non-hydrogen) atoms. The first-order chi connectivity index (χ1) is 16.2. The second-order valence-corrected chi connectivity index (χ2v) is 9.07. The van der Waals surface area contributed by atoms with E-state index in [0.29, 0.717) is 18.0 Å². The SMILES string of the molecule is COc1cc(OC)cc(N(CC(C)C(C)(C)O)c2ccc3ncc(-c4cnn(C)c4)nc3c2)c1. The number of hydrogen-bond acceptors (Lipinski definition) is 7. The van der Waals surface area contributed by atoms with Crippen molar-refractivity contribution in [3.63, 3.8) is 0 Å². The maximum Gasteiger partial charge on any atom is 0.124 e. The molecule has 0 radical (unpaired) electrons. The first-order valence-corrected chi connectivity index (χ1v) is 11.2. The van der Waals surface area contributed by atoms with Crippen LogP contribution < -0.4 is 14.4 Å². The molecule has 178 valence electrons. The molecule has 0 spiro atoms. The van der Waals surface area contributed by atoms with E-state index in [-0.39, 0.29) is 5.92 Å². The average Bonchev–Trinajstić information content (AvgIpc) is 3.26. The van der Waals surface area contributed by atoms with Crippen LogP contribution in [0.2, 0.25) is 0 Å². The van der Waals surface area contributed by atoms with Crippen LogP contribution in [0.5, 0.6) is 11.5 Å². The Hall–Kier alpha value is -3.65. The van der Waals surface area contributed by atoms with E-state index < -0.39 is 5.60 Å². The molecule has 8 nitrogen and oxygen atoms in total. The fourth-order valence-electron chi connectivity index (χ4n) is 3.67. The lowest BCUT2D eigenvalue weighted by Crippen LogP contribution is -2.37. The molecule has 2 heterocycles. The van der Waals surface area contributed by atoms with Gasteiger partial charge in [0.2, 0.25) is 0 Å². The van der Waals surface area contributed by atoms with Crippen LogP contribution in [0.15, 0.2) is 55.0 Å². The Kier molecular flexibility index (Phi) is 6.43. The van der Waals surface area contributed by atoms with E-state index in [2.05, 4.69) is 15.0 Å². The topological polar surface area (TPSA) is 85.5 Å². The van der Waals surface area contributed by atoms with Gasteiger partial charge in [-0.15, -0.1) is 0 Å². The van der Waals surface area contributed by atoms with E-state index >= 15 is 0 Å². The minimum absolute atomic E-state index is 0.0341. The van der Waals surface area contributed by atoms with Gasteiger partial charge in [0.1, 0.15) is 11.5 Å². The van der Waals surface area contributed by atoms with Crippen molar-refractivity contribution in [2.75, 3.05) is 25.7 Å². The van der Waals surface area contributed by atoms with E-state index in [9.17, 15) is 5.11 Å². The fraction of sp³-hybridized carbons (Fsp3) is 0.346. The van der Waals surface area contributed by atoms with Crippen molar-refractivity contribution in [2.24, 2.45) is 13.0 Å². The van der Waals surface area contributed by atoms with E-state index in [1.807, 2.05) is 70.4 Å². The molecule has 1 unspecified atom stereocenters. The lowest BCUT2D eigenvalue weighted by atomic mass is 9.92. The largest absolute Gasteiger partial charge is 0.497 e. The van der Waals surface area contributed by atoms with Gasteiger partial charge in [0.15, 0.2) is 0 Å². The molecule has 4 aromatic rings. The first-order valence-electron chi connectivity index (χ1n) is 11.2. The molecule has 0 aliphatic heterocycles. The van der Waals surface area contributed by atoms with Gasteiger partial charge in [-0.05, 0) is 32.0 Å². The standard InChI is InChI=1S/C26H31N5O3/c1-17(26(2,3)32)15-31(20-9-21(33-5)12-22(10-20)34-6)19-7-8-23-24(11-19)29-25(14-27-23)18-13-28-30(4)16-18/h7-14,16-17,32H,15H2,1-6H3. The number of methoxy groups -OCH3 is 2. The zero-order chi connectivity index (χ0) is 24.5. The van der Waals surface area contributed by atoms with E-state index in [1.165, 1.54) is 0 Å². The molecule has 4 rings (SSSR count). The highest BCUT2D eigenvalue weighted by Gasteiger charge is 2.26. The van der Waals surface area contributed by atoms with Crippen LogP contribution in [-0.2, 0) is 7.05 Å². The predicted octanol–water partition coefficient (Wildman–Crippen LogP) is 4.59. The molecule has 0 bridgehead atoms. The summed E-state index contributed by atoms with van der Waals surface area (Å²) in [5.74, 6) is 1.35.